The van der Waals surface area contributed by atoms with Gasteiger partial charge < -0.3 is 14.7 Å². The maximum absolute atomic E-state index is 12.2. The number of carboxylic acid groups (broad SMARTS) is 1. The molecule has 0 saturated carbocycles. The summed E-state index contributed by atoms with van der Waals surface area (Å²) in [6.07, 6.45) is -0.450. The van der Waals surface area contributed by atoms with E-state index in [0.717, 1.165) is 11.1 Å². The first kappa shape index (κ1) is 16.3. The number of ether oxygens (including phenoxy) is 1. The molecule has 1 aliphatic heterocycles. The van der Waals surface area contributed by atoms with Gasteiger partial charge in [-0.05, 0) is 33.3 Å². The van der Waals surface area contributed by atoms with Gasteiger partial charge in [-0.2, -0.15) is 0 Å². The molecule has 1 N–H and O–H groups in total. The van der Waals surface area contributed by atoms with Crippen LogP contribution in [0.15, 0.2) is 24.3 Å². The quantitative estimate of drug-likeness (QED) is 0.912. The van der Waals surface area contributed by atoms with Crippen molar-refractivity contribution in [2.45, 2.75) is 39.2 Å². The smallest absolute Gasteiger partial charge is 0.410 e. The number of carbonyl (C=O) groups is 2. The van der Waals surface area contributed by atoms with Gasteiger partial charge >= 0.3 is 12.1 Å². The highest BCUT2D eigenvalue weighted by atomic mass is 16.6. The topological polar surface area (TPSA) is 66.8 Å². The Bertz CT molecular complexity index is 576. The zero-order valence-electron chi connectivity index (χ0n) is 13.5. The van der Waals surface area contributed by atoms with Gasteiger partial charge in [-0.3, -0.25) is 4.79 Å². The van der Waals surface area contributed by atoms with E-state index in [-0.39, 0.29) is 12.5 Å². The number of nitrogens with zero attached hydrogens (tertiary/aromatic N) is 1. The second-order valence-corrected chi connectivity index (χ2v) is 6.85. The normalized spacial score (nSPS) is 21.7. The number of carboxylic acids is 1. The van der Waals surface area contributed by atoms with Gasteiger partial charge in [0.2, 0.25) is 0 Å². The Morgan fingerprint density at radius 3 is 2.50 bits per heavy atom. The number of carbonyl (C=O) groups excluding carboxylic acids is 1. The third kappa shape index (κ3) is 3.78. The largest absolute Gasteiger partial charge is 0.481 e. The SMILES string of the molecule is Cc1cccc([C@@H]2CN(C(=O)OC(C)(C)C)C[C@H]2C(=O)O)c1. The standard InChI is InChI=1S/C17H23NO4/c1-11-6-5-7-12(8-11)13-9-18(10-14(13)15(19)20)16(21)22-17(2,3)4/h5-8,13-14H,9-10H2,1-4H3,(H,19,20)/t13-,14+/m0/s1. The summed E-state index contributed by atoms with van der Waals surface area (Å²) in [6, 6.07) is 7.80. The monoisotopic (exact) mass is 305 g/mol. The average molecular weight is 305 g/mol. The summed E-state index contributed by atoms with van der Waals surface area (Å²) in [5.41, 5.74) is 1.45. The zero-order chi connectivity index (χ0) is 16.5. The first-order valence-corrected chi connectivity index (χ1v) is 7.44. The number of benzene rings is 1. The molecule has 5 heteroatoms. The van der Waals surface area contributed by atoms with Crippen LogP contribution in [0.2, 0.25) is 0 Å². The molecule has 0 spiro atoms. The molecule has 2 atom stereocenters. The van der Waals surface area contributed by atoms with Crippen LogP contribution in [0, 0.1) is 12.8 Å². The van der Waals surface area contributed by atoms with Crippen molar-refractivity contribution in [3.05, 3.63) is 35.4 Å². The molecule has 0 aliphatic carbocycles. The molecular formula is C17H23NO4. The summed E-state index contributed by atoms with van der Waals surface area (Å²) < 4.78 is 5.35. The number of aryl methyl sites for hydroxylation is 1. The molecule has 1 aromatic rings. The maximum Gasteiger partial charge on any atom is 0.410 e. The Morgan fingerprint density at radius 1 is 1.27 bits per heavy atom. The van der Waals surface area contributed by atoms with Crippen molar-refractivity contribution in [1.29, 1.82) is 0 Å². The van der Waals surface area contributed by atoms with Crippen molar-refractivity contribution < 1.29 is 19.4 Å². The summed E-state index contributed by atoms with van der Waals surface area (Å²) >= 11 is 0. The van der Waals surface area contributed by atoms with Crippen LogP contribution >= 0.6 is 0 Å². The molecule has 1 aromatic carbocycles. The summed E-state index contributed by atoms with van der Waals surface area (Å²) in [6.45, 7) is 7.92. The molecule has 1 aliphatic rings. The van der Waals surface area contributed by atoms with E-state index in [4.69, 9.17) is 4.74 Å². The van der Waals surface area contributed by atoms with Crippen LogP contribution in [-0.2, 0) is 9.53 Å². The average Bonchev–Trinajstić information content (AvgIpc) is 2.82. The molecule has 0 radical (unpaired) electrons. The van der Waals surface area contributed by atoms with E-state index in [0.29, 0.717) is 6.54 Å². The zero-order valence-corrected chi connectivity index (χ0v) is 13.5. The van der Waals surface area contributed by atoms with Crippen LogP contribution in [0.5, 0.6) is 0 Å². The van der Waals surface area contributed by atoms with E-state index in [1.165, 1.54) is 4.90 Å². The van der Waals surface area contributed by atoms with Gasteiger partial charge in [0.1, 0.15) is 5.60 Å². The first-order valence-electron chi connectivity index (χ1n) is 7.44. The van der Waals surface area contributed by atoms with Crippen molar-refractivity contribution in [1.82, 2.24) is 4.90 Å². The molecule has 1 heterocycles. The van der Waals surface area contributed by atoms with Gasteiger partial charge in [-0.25, -0.2) is 4.79 Å². The molecule has 22 heavy (non-hydrogen) atoms. The Kier molecular flexibility index (Phi) is 4.44. The molecule has 0 unspecified atom stereocenters. The van der Waals surface area contributed by atoms with Crippen molar-refractivity contribution >= 4 is 12.1 Å². The number of hydrogen-bond donors (Lipinski definition) is 1. The van der Waals surface area contributed by atoms with E-state index in [1.54, 1.807) is 20.8 Å². The van der Waals surface area contributed by atoms with Crippen LogP contribution in [0.4, 0.5) is 4.79 Å². The van der Waals surface area contributed by atoms with Gasteiger partial charge in [0, 0.05) is 19.0 Å². The predicted octanol–water partition coefficient (Wildman–Crippen LogP) is 3.03. The molecule has 120 valence electrons. The number of hydrogen-bond acceptors (Lipinski definition) is 3. The molecule has 0 aromatic heterocycles. The minimum atomic E-state index is -0.877. The highest BCUT2D eigenvalue weighted by Gasteiger charge is 2.41. The molecule has 0 bridgehead atoms. The summed E-state index contributed by atoms with van der Waals surface area (Å²) in [5.74, 6) is -1.68. The highest BCUT2D eigenvalue weighted by Crippen LogP contribution is 2.34. The predicted molar refractivity (Wildman–Crippen MR) is 82.9 cm³/mol. The molecule has 1 fully saturated rings. The fourth-order valence-corrected chi connectivity index (χ4v) is 2.77. The maximum atomic E-state index is 12.2. The van der Waals surface area contributed by atoms with Crippen molar-refractivity contribution in [3.8, 4) is 0 Å². The van der Waals surface area contributed by atoms with E-state index in [1.807, 2.05) is 31.2 Å². The second-order valence-electron chi connectivity index (χ2n) is 6.85. The molecular weight excluding hydrogens is 282 g/mol. The Morgan fingerprint density at radius 2 is 1.95 bits per heavy atom. The van der Waals surface area contributed by atoms with E-state index < -0.39 is 23.6 Å². The lowest BCUT2D eigenvalue weighted by Crippen LogP contribution is -2.35. The van der Waals surface area contributed by atoms with Gasteiger partial charge in [0.25, 0.3) is 0 Å². The van der Waals surface area contributed by atoms with Gasteiger partial charge in [0.15, 0.2) is 0 Å². The van der Waals surface area contributed by atoms with Crippen molar-refractivity contribution in [3.63, 3.8) is 0 Å². The number of amides is 1. The molecule has 1 amide bonds. The minimum absolute atomic E-state index is 0.183. The molecule has 5 nitrogen and oxygen atoms in total. The Labute approximate surface area is 130 Å². The third-order valence-electron chi connectivity index (χ3n) is 3.76. The lowest BCUT2D eigenvalue weighted by atomic mass is 9.88. The Hall–Kier alpha value is -2.04. The highest BCUT2D eigenvalue weighted by molar-refractivity contribution is 5.76. The van der Waals surface area contributed by atoms with E-state index >= 15 is 0 Å². The van der Waals surface area contributed by atoms with Crippen LogP contribution in [0.3, 0.4) is 0 Å². The van der Waals surface area contributed by atoms with Gasteiger partial charge in [-0.15, -0.1) is 0 Å². The summed E-state index contributed by atoms with van der Waals surface area (Å²) in [7, 11) is 0. The lowest BCUT2D eigenvalue weighted by Gasteiger charge is -2.24. The fourth-order valence-electron chi connectivity index (χ4n) is 2.77. The number of likely N-dealkylation sites (tertiary alicyclic amines) is 1. The van der Waals surface area contributed by atoms with E-state index in [2.05, 4.69) is 0 Å². The molecule has 1 saturated heterocycles. The van der Waals surface area contributed by atoms with E-state index in [9.17, 15) is 14.7 Å². The second kappa shape index (κ2) is 5.99. The lowest BCUT2D eigenvalue weighted by molar-refractivity contribution is -0.141. The van der Waals surface area contributed by atoms with Crippen LogP contribution < -0.4 is 0 Å². The minimum Gasteiger partial charge on any atom is -0.481 e. The Balaban J connectivity index is 2.20. The van der Waals surface area contributed by atoms with Crippen molar-refractivity contribution in [2.24, 2.45) is 5.92 Å². The van der Waals surface area contributed by atoms with Gasteiger partial charge in [-0.1, -0.05) is 29.8 Å². The van der Waals surface area contributed by atoms with Crippen LogP contribution in [-0.4, -0.2) is 40.8 Å². The van der Waals surface area contributed by atoms with Crippen molar-refractivity contribution in [2.75, 3.05) is 13.1 Å². The number of rotatable bonds is 2. The van der Waals surface area contributed by atoms with Crippen LogP contribution in [0.1, 0.15) is 37.8 Å². The molecule has 2 rings (SSSR count). The number of aliphatic carboxylic acids is 1. The van der Waals surface area contributed by atoms with Gasteiger partial charge in [0.05, 0.1) is 5.92 Å². The summed E-state index contributed by atoms with van der Waals surface area (Å²) in [5, 5.41) is 9.47. The first-order chi connectivity index (χ1) is 10.2. The van der Waals surface area contributed by atoms with Crippen LogP contribution in [0.25, 0.3) is 0 Å². The summed E-state index contributed by atoms with van der Waals surface area (Å²) in [4.78, 5) is 25.2. The third-order valence-corrected chi connectivity index (χ3v) is 3.76. The fraction of sp³-hybridized carbons (Fsp3) is 0.529.